The van der Waals surface area contributed by atoms with Crippen LogP contribution in [0.2, 0.25) is 0 Å². The number of methoxy groups -OCH3 is 1. The van der Waals surface area contributed by atoms with Gasteiger partial charge in [0.2, 0.25) is 0 Å². The SMILES string of the molecule is COC(CN1CCN(c2nc3c(C)cccc3s2)CC1)c1ccccc1. The molecule has 1 atom stereocenters. The summed E-state index contributed by atoms with van der Waals surface area (Å²) >= 11 is 1.81. The van der Waals surface area contributed by atoms with Crippen LogP contribution in [0.1, 0.15) is 17.2 Å². The van der Waals surface area contributed by atoms with E-state index in [1.807, 2.05) is 0 Å². The normalized spacial score (nSPS) is 16.9. The zero-order chi connectivity index (χ0) is 17.9. The van der Waals surface area contributed by atoms with Crippen LogP contribution in [0.3, 0.4) is 0 Å². The summed E-state index contributed by atoms with van der Waals surface area (Å²) in [6.45, 7) is 7.20. The average molecular weight is 368 g/mol. The van der Waals surface area contributed by atoms with Gasteiger partial charge in [0.05, 0.1) is 16.3 Å². The van der Waals surface area contributed by atoms with Gasteiger partial charge in [0, 0.05) is 39.8 Å². The number of thiazole rings is 1. The second-order valence-electron chi connectivity index (χ2n) is 6.84. The summed E-state index contributed by atoms with van der Waals surface area (Å²) in [5.74, 6) is 0. The van der Waals surface area contributed by atoms with Crippen molar-refractivity contribution in [3.05, 3.63) is 59.7 Å². The maximum absolute atomic E-state index is 5.74. The third kappa shape index (κ3) is 3.61. The van der Waals surface area contributed by atoms with Crippen molar-refractivity contribution in [2.45, 2.75) is 13.0 Å². The standard InChI is InChI=1S/C21H25N3OS/c1-16-7-6-10-19-20(16)22-21(26-19)24-13-11-23(12-14-24)15-18(25-2)17-8-4-3-5-9-17/h3-10,18H,11-15H2,1-2H3. The van der Waals surface area contributed by atoms with Crippen molar-refractivity contribution in [2.24, 2.45) is 0 Å². The Morgan fingerprint density at radius 1 is 1.04 bits per heavy atom. The molecule has 0 radical (unpaired) electrons. The molecule has 0 amide bonds. The molecule has 1 aromatic heterocycles. The summed E-state index contributed by atoms with van der Waals surface area (Å²) in [5.41, 5.74) is 3.66. The molecular formula is C21H25N3OS. The van der Waals surface area contributed by atoms with Gasteiger partial charge >= 0.3 is 0 Å². The zero-order valence-electron chi connectivity index (χ0n) is 15.4. The van der Waals surface area contributed by atoms with Gasteiger partial charge in [-0.05, 0) is 24.1 Å². The summed E-state index contributed by atoms with van der Waals surface area (Å²) in [5, 5.41) is 1.15. The number of hydrogen-bond donors (Lipinski definition) is 0. The van der Waals surface area contributed by atoms with Gasteiger partial charge in [0.15, 0.2) is 5.13 Å². The Hall–Kier alpha value is -1.95. The highest BCUT2D eigenvalue weighted by Gasteiger charge is 2.23. The first-order valence-corrected chi connectivity index (χ1v) is 9.97. The molecule has 1 aliphatic heterocycles. The predicted octanol–water partition coefficient (Wildman–Crippen LogP) is 4.11. The van der Waals surface area contributed by atoms with Crippen LogP contribution in [-0.4, -0.2) is 49.7 Å². The zero-order valence-corrected chi connectivity index (χ0v) is 16.2. The minimum Gasteiger partial charge on any atom is -0.375 e. The van der Waals surface area contributed by atoms with Gasteiger partial charge in [-0.15, -0.1) is 0 Å². The highest BCUT2D eigenvalue weighted by Crippen LogP contribution is 2.31. The Kier molecular flexibility index (Phi) is 5.20. The van der Waals surface area contributed by atoms with Crippen LogP contribution in [0, 0.1) is 6.92 Å². The molecule has 0 spiro atoms. The quantitative estimate of drug-likeness (QED) is 0.678. The van der Waals surface area contributed by atoms with Crippen LogP contribution < -0.4 is 4.90 Å². The molecule has 0 N–H and O–H groups in total. The number of anilines is 1. The maximum atomic E-state index is 5.74. The van der Waals surface area contributed by atoms with Crippen molar-refractivity contribution in [1.29, 1.82) is 0 Å². The van der Waals surface area contributed by atoms with Crippen LogP contribution in [0.25, 0.3) is 10.2 Å². The van der Waals surface area contributed by atoms with Gasteiger partial charge in [-0.1, -0.05) is 53.8 Å². The Labute approximate surface area is 159 Å². The van der Waals surface area contributed by atoms with Gasteiger partial charge in [0.25, 0.3) is 0 Å². The largest absolute Gasteiger partial charge is 0.375 e. The van der Waals surface area contributed by atoms with Crippen LogP contribution in [0.5, 0.6) is 0 Å². The van der Waals surface area contributed by atoms with Crippen molar-refractivity contribution in [1.82, 2.24) is 9.88 Å². The van der Waals surface area contributed by atoms with E-state index in [2.05, 4.69) is 65.3 Å². The smallest absolute Gasteiger partial charge is 0.186 e. The maximum Gasteiger partial charge on any atom is 0.186 e. The van der Waals surface area contributed by atoms with Crippen LogP contribution in [0.4, 0.5) is 5.13 Å². The lowest BCUT2D eigenvalue weighted by molar-refractivity contribution is 0.0615. The van der Waals surface area contributed by atoms with E-state index in [0.29, 0.717) is 0 Å². The number of para-hydroxylation sites is 1. The Balaban J connectivity index is 1.39. The molecule has 1 fully saturated rings. The number of rotatable bonds is 5. The molecule has 2 heterocycles. The van der Waals surface area contributed by atoms with E-state index in [-0.39, 0.29) is 6.10 Å². The van der Waals surface area contributed by atoms with Gasteiger partial charge < -0.3 is 9.64 Å². The topological polar surface area (TPSA) is 28.6 Å². The molecular weight excluding hydrogens is 342 g/mol. The lowest BCUT2D eigenvalue weighted by Crippen LogP contribution is -2.47. The number of ether oxygens (including phenoxy) is 1. The molecule has 0 saturated carbocycles. The molecule has 0 aliphatic carbocycles. The molecule has 1 saturated heterocycles. The monoisotopic (exact) mass is 367 g/mol. The first kappa shape index (κ1) is 17.5. The fourth-order valence-electron chi connectivity index (χ4n) is 3.55. The van der Waals surface area contributed by atoms with Gasteiger partial charge in [-0.25, -0.2) is 4.98 Å². The Morgan fingerprint density at radius 2 is 1.81 bits per heavy atom. The molecule has 2 aromatic carbocycles. The van der Waals surface area contributed by atoms with E-state index in [1.165, 1.54) is 15.8 Å². The third-order valence-electron chi connectivity index (χ3n) is 5.13. The number of nitrogens with zero attached hydrogens (tertiary/aromatic N) is 3. The van der Waals surface area contributed by atoms with Crippen molar-refractivity contribution < 1.29 is 4.74 Å². The molecule has 0 bridgehead atoms. The second-order valence-corrected chi connectivity index (χ2v) is 7.85. The van der Waals surface area contributed by atoms with Crippen LogP contribution in [-0.2, 0) is 4.74 Å². The molecule has 136 valence electrons. The van der Waals surface area contributed by atoms with Crippen molar-refractivity contribution in [2.75, 3.05) is 44.7 Å². The minimum atomic E-state index is 0.132. The van der Waals surface area contributed by atoms with E-state index >= 15 is 0 Å². The van der Waals surface area contributed by atoms with E-state index in [4.69, 9.17) is 9.72 Å². The molecule has 4 nitrogen and oxygen atoms in total. The van der Waals surface area contributed by atoms with E-state index in [1.54, 1.807) is 18.4 Å². The number of aryl methyl sites for hydroxylation is 1. The number of hydrogen-bond acceptors (Lipinski definition) is 5. The summed E-state index contributed by atoms with van der Waals surface area (Å²) < 4.78 is 7.02. The highest BCUT2D eigenvalue weighted by molar-refractivity contribution is 7.22. The first-order valence-electron chi connectivity index (χ1n) is 9.16. The van der Waals surface area contributed by atoms with Crippen LogP contribution in [0.15, 0.2) is 48.5 Å². The third-order valence-corrected chi connectivity index (χ3v) is 6.21. The molecule has 1 unspecified atom stereocenters. The highest BCUT2D eigenvalue weighted by atomic mass is 32.1. The van der Waals surface area contributed by atoms with Gasteiger partial charge in [-0.2, -0.15) is 0 Å². The van der Waals surface area contributed by atoms with Gasteiger partial charge in [0.1, 0.15) is 0 Å². The summed E-state index contributed by atoms with van der Waals surface area (Å²) in [7, 11) is 1.80. The van der Waals surface area contributed by atoms with E-state index < -0.39 is 0 Å². The average Bonchev–Trinajstić information content (AvgIpc) is 3.13. The lowest BCUT2D eigenvalue weighted by atomic mass is 10.1. The van der Waals surface area contributed by atoms with Gasteiger partial charge in [-0.3, -0.25) is 4.90 Å². The van der Waals surface area contributed by atoms with Crippen molar-refractivity contribution in [3.8, 4) is 0 Å². The van der Waals surface area contributed by atoms with Crippen molar-refractivity contribution in [3.63, 3.8) is 0 Å². The van der Waals surface area contributed by atoms with E-state index in [9.17, 15) is 0 Å². The lowest BCUT2D eigenvalue weighted by Gasteiger charge is -2.36. The Morgan fingerprint density at radius 3 is 2.50 bits per heavy atom. The molecule has 26 heavy (non-hydrogen) atoms. The summed E-state index contributed by atoms with van der Waals surface area (Å²) in [6, 6.07) is 16.9. The molecule has 5 heteroatoms. The Bertz CT molecular complexity index is 856. The van der Waals surface area contributed by atoms with Crippen molar-refractivity contribution >= 4 is 26.7 Å². The fraction of sp³-hybridized carbons (Fsp3) is 0.381. The predicted molar refractivity (Wildman–Crippen MR) is 109 cm³/mol. The fourth-order valence-corrected chi connectivity index (χ4v) is 4.64. The van der Waals surface area contributed by atoms with E-state index in [0.717, 1.165) is 43.4 Å². The minimum absolute atomic E-state index is 0.132. The number of fused-ring (bicyclic) bond motifs is 1. The summed E-state index contributed by atoms with van der Waals surface area (Å²) in [6.07, 6.45) is 0.132. The summed E-state index contributed by atoms with van der Waals surface area (Å²) in [4.78, 5) is 9.80. The first-order chi connectivity index (χ1) is 12.7. The molecule has 3 aromatic rings. The van der Waals surface area contributed by atoms with Crippen LogP contribution >= 0.6 is 11.3 Å². The number of aromatic nitrogens is 1. The molecule has 4 rings (SSSR count). The number of benzene rings is 2. The number of piperazine rings is 1. The molecule has 1 aliphatic rings. The second kappa shape index (κ2) is 7.74.